The van der Waals surface area contributed by atoms with Gasteiger partial charge in [-0.2, -0.15) is 0 Å². The summed E-state index contributed by atoms with van der Waals surface area (Å²) in [5.41, 5.74) is 0.858. The van der Waals surface area contributed by atoms with Crippen LogP contribution in [-0.2, 0) is 9.53 Å². The summed E-state index contributed by atoms with van der Waals surface area (Å²) in [5, 5.41) is 9.92. The van der Waals surface area contributed by atoms with E-state index in [1.165, 1.54) is 0 Å². The van der Waals surface area contributed by atoms with Gasteiger partial charge in [-0.3, -0.25) is 4.79 Å². The average Bonchev–Trinajstić information content (AvgIpc) is 2.39. The summed E-state index contributed by atoms with van der Waals surface area (Å²) in [6, 6.07) is 9.41. The molecule has 1 N–H and O–H groups in total. The van der Waals surface area contributed by atoms with E-state index < -0.39 is 6.10 Å². The smallest absolute Gasteiger partial charge is 0.305 e. The summed E-state index contributed by atoms with van der Waals surface area (Å²) < 4.78 is 4.82. The van der Waals surface area contributed by atoms with Gasteiger partial charge in [0.2, 0.25) is 0 Å². The Balaban J connectivity index is 2.35. The molecule has 18 heavy (non-hydrogen) atoms. The number of esters is 1. The van der Waals surface area contributed by atoms with E-state index in [1.54, 1.807) is 6.92 Å². The Morgan fingerprint density at radius 1 is 1.39 bits per heavy atom. The molecule has 4 heteroatoms. The molecule has 1 atom stereocenters. The van der Waals surface area contributed by atoms with E-state index in [9.17, 15) is 9.90 Å². The second-order valence-corrected chi connectivity index (χ2v) is 4.38. The van der Waals surface area contributed by atoms with Gasteiger partial charge < -0.3 is 9.84 Å². The highest BCUT2D eigenvalue weighted by atomic mass is 32.1. The van der Waals surface area contributed by atoms with Crippen molar-refractivity contribution in [1.29, 1.82) is 0 Å². The van der Waals surface area contributed by atoms with Crippen LogP contribution in [0.1, 0.15) is 31.7 Å². The molecule has 0 aliphatic rings. The Hall–Kier alpha value is -1.26. The van der Waals surface area contributed by atoms with E-state index in [4.69, 9.17) is 17.0 Å². The maximum absolute atomic E-state index is 11.1. The summed E-state index contributed by atoms with van der Waals surface area (Å²) >= 11 is 5.21. The molecule has 0 fully saturated rings. The lowest BCUT2D eigenvalue weighted by atomic mass is 10.0. The number of rotatable bonds is 7. The molecule has 1 rings (SSSR count). The quantitative estimate of drug-likeness (QED) is 0.468. The maximum atomic E-state index is 11.1. The lowest BCUT2D eigenvalue weighted by molar-refractivity contribution is -0.143. The van der Waals surface area contributed by atoms with Gasteiger partial charge in [0.15, 0.2) is 0 Å². The molecule has 0 amide bonds. The molecule has 1 unspecified atom stereocenters. The highest BCUT2D eigenvalue weighted by Crippen LogP contribution is 2.10. The molecule has 0 aliphatic carbocycles. The van der Waals surface area contributed by atoms with Gasteiger partial charge in [0.1, 0.15) is 0 Å². The van der Waals surface area contributed by atoms with E-state index in [-0.39, 0.29) is 5.97 Å². The molecule has 0 radical (unpaired) electrons. The number of thiocarbonyl (C=S) groups is 1. The number of hydrogen-bond acceptors (Lipinski definition) is 4. The first-order chi connectivity index (χ1) is 8.65. The normalized spacial score (nSPS) is 11.9. The molecule has 0 spiro atoms. The standard InChI is InChI=1S/C14H18O3S/c1-2-17-13(16)10-6-9-12(15)14(18)11-7-4-3-5-8-11/h3-5,7-8,12,15H,2,6,9-10H2,1H3. The molecule has 98 valence electrons. The third-order valence-corrected chi connectivity index (χ3v) is 3.03. The summed E-state index contributed by atoms with van der Waals surface area (Å²) in [6.07, 6.45) is 0.693. The monoisotopic (exact) mass is 266 g/mol. The SMILES string of the molecule is CCOC(=O)CCCC(O)C(=S)c1ccccc1. The number of carbonyl (C=O) groups is 1. The van der Waals surface area contributed by atoms with Crippen molar-refractivity contribution in [3.8, 4) is 0 Å². The fraction of sp³-hybridized carbons (Fsp3) is 0.429. The molecule has 0 heterocycles. The molecule has 0 aromatic heterocycles. The molecule has 1 aromatic rings. The molecule has 0 saturated carbocycles. The fourth-order valence-electron chi connectivity index (χ4n) is 1.60. The number of carbonyl (C=O) groups excluding carboxylic acids is 1. The highest BCUT2D eigenvalue weighted by Gasteiger charge is 2.13. The van der Waals surface area contributed by atoms with Crippen LogP contribution in [0.25, 0.3) is 0 Å². The van der Waals surface area contributed by atoms with Crippen LogP contribution in [0.5, 0.6) is 0 Å². The van der Waals surface area contributed by atoms with Crippen molar-refractivity contribution in [3.63, 3.8) is 0 Å². The van der Waals surface area contributed by atoms with E-state index >= 15 is 0 Å². The highest BCUT2D eigenvalue weighted by molar-refractivity contribution is 7.81. The van der Waals surface area contributed by atoms with Crippen LogP contribution in [0.4, 0.5) is 0 Å². The molecular formula is C14H18O3S. The Morgan fingerprint density at radius 3 is 2.67 bits per heavy atom. The predicted molar refractivity (Wildman–Crippen MR) is 74.6 cm³/mol. The molecule has 0 aliphatic heterocycles. The zero-order chi connectivity index (χ0) is 13.4. The van der Waals surface area contributed by atoms with E-state index in [1.807, 2.05) is 30.3 Å². The van der Waals surface area contributed by atoms with Crippen LogP contribution in [0, 0.1) is 0 Å². The average molecular weight is 266 g/mol. The van der Waals surface area contributed by atoms with Crippen LogP contribution in [-0.4, -0.2) is 28.7 Å². The molecule has 3 nitrogen and oxygen atoms in total. The number of aliphatic hydroxyl groups excluding tert-OH is 1. The summed E-state index contributed by atoms with van der Waals surface area (Å²) in [7, 11) is 0. The maximum Gasteiger partial charge on any atom is 0.305 e. The first-order valence-corrected chi connectivity index (χ1v) is 6.49. The number of aliphatic hydroxyl groups is 1. The minimum Gasteiger partial charge on any atom is -0.466 e. The predicted octanol–water partition coefficient (Wildman–Crippen LogP) is 2.50. The summed E-state index contributed by atoms with van der Waals surface area (Å²) in [6.45, 7) is 2.17. The van der Waals surface area contributed by atoms with Crippen LogP contribution < -0.4 is 0 Å². The topological polar surface area (TPSA) is 46.5 Å². The largest absolute Gasteiger partial charge is 0.466 e. The molecule has 0 bridgehead atoms. The molecular weight excluding hydrogens is 248 g/mol. The van der Waals surface area contributed by atoms with Crippen molar-refractivity contribution < 1.29 is 14.6 Å². The Morgan fingerprint density at radius 2 is 2.06 bits per heavy atom. The lowest BCUT2D eigenvalue weighted by Crippen LogP contribution is -2.19. The van der Waals surface area contributed by atoms with Gasteiger partial charge in [0.05, 0.1) is 17.6 Å². The van der Waals surface area contributed by atoms with Gasteiger partial charge in [-0.15, -0.1) is 0 Å². The van der Waals surface area contributed by atoms with Crippen LogP contribution in [0.15, 0.2) is 30.3 Å². The van der Waals surface area contributed by atoms with Gasteiger partial charge >= 0.3 is 5.97 Å². The van der Waals surface area contributed by atoms with Gasteiger partial charge in [-0.1, -0.05) is 42.5 Å². The minimum absolute atomic E-state index is 0.227. The number of benzene rings is 1. The molecule has 1 aromatic carbocycles. The lowest BCUT2D eigenvalue weighted by Gasteiger charge is -2.11. The van der Waals surface area contributed by atoms with Crippen molar-refractivity contribution in [2.75, 3.05) is 6.61 Å². The van der Waals surface area contributed by atoms with Gasteiger partial charge in [0.25, 0.3) is 0 Å². The third-order valence-electron chi connectivity index (χ3n) is 2.52. The van der Waals surface area contributed by atoms with Crippen LogP contribution in [0.3, 0.4) is 0 Å². The van der Waals surface area contributed by atoms with E-state index in [2.05, 4.69) is 0 Å². The van der Waals surface area contributed by atoms with Crippen molar-refractivity contribution >= 4 is 23.1 Å². The zero-order valence-corrected chi connectivity index (χ0v) is 11.3. The summed E-state index contributed by atoms with van der Waals surface area (Å²) in [5.74, 6) is -0.227. The number of ether oxygens (including phenoxy) is 1. The number of hydrogen-bond donors (Lipinski definition) is 1. The van der Waals surface area contributed by atoms with Crippen molar-refractivity contribution in [2.24, 2.45) is 0 Å². The van der Waals surface area contributed by atoms with Crippen LogP contribution >= 0.6 is 12.2 Å². The van der Waals surface area contributed by atoms with E-state index in [0.29, 0.717) is 30.7 Å². The Labute approximate surface area is 113 Å². The zero-order valence-electron chi connectivity index (χ0n) is 10.5. The Kier molecular flexibility index (Phi) is 6.54. The Bertz CT molecular complexity index is 389. The van der Waals surface area contributed by atoms with Crippen molar-refractivity contribution in [3.05, 3.63) is 35.9 Å². The first-order valence-electron chi connectivity index (χ1n) is 6.08. The van der Waals surface area contributed by atoms with Crippen molar-refractivity contribution in [2.45, 2.75) is 32.3 Å². The first kappa shape index (κ1) is 14.8. The van der Waals surface area contributed by atoms with Crippen LogP contribution in [0.2, 0.25) is 0 Å². The fourth-order valence-corrected chi connectivity index (χ4v) is 1.85. The van der Waals surface area contributed by atoms with Gasteiger partial charge in [0, 0.05) is 6.42 Å². The second kappa shape index (κ2) is 7.95. The second-order valence-electron chi connectivity index (χ2n) is 3.94. The van der Waals surface area contributed by atoms with E-state index in [0.717, 1.165) is 5.56 Å². The summed E-state index contributed by atoms with van der Waals surface area (Å²) in [4.78, 5) is 11.7. The van der Waals surface area contributed by atoms with Crippen molar-refractivity contribution in [1.82, 2.24) is 0 Å². The van der Waals surface area contributed by atoms with Gasteiger partial charge in [-0.05, 0) is 25.3 Å². The van der Waals surface area contributed by atoms with Gasteiger partial charge in [-0.25, -0.2) is 0 Å². The molecule has 0 saturated heterocycles. The minimum atomic E-state index is -0.683. The third kappa shape index (κ3) is 4.94.